The molecule has 4 nitrogen and oxygen atoms in total. The highest BCUT2D eigenvalue weighted by Gasteiger charge is 2.25. The highest BCUT2D eigenvalue weighted by molar-refractivity contribution is 7.17. The van der Waals surface area contributed by atoms with Gasteiger partial charge in [-0.1, -0.05) is 18.2 Å². The molecule has 0 spiro atoms. The summed E-state index contributed by atoms with van der Waals surface area (Å²) in [6.45, 7) is 0. The molecule has 3 rings (SSSR count). The Balaban J connectivity index is 1.82. The van der Waals surface area contributed by atoms with Crippen LogP contribution in [0.15, 0.2) is 24.3 Å². The van der Waals surface area contributed by atoms with Crippen LogP contribution in [0.3, 0.4) is 0 Å². The fraction of sp³-hybridized carbons (Fsp3) is 0.294. The largest absolute Gasteiger partial charge is 0.365 e. The van der Waals surface area contributed by atoms with Crippen LogP contribution < -0.4 is 11.1 Å². The molecule has 0 bridgehead atoms. The average molecular weight is 332 g/mol. The monoisotopic (exact) mass is 332 g/mol. The Bertz CT molecular complexity index is 770. The van der Waals surface area contributed by atoms with Crippen LogP contribution in [-0.2, 0) is 24.1 Å². The fourth-order valence-electron chi connectivity index (χ4n) is 2.90. The van der Waals surface area contributed by atoms with E-state index < -0.39 is 11.7 Å². The van der Waals surface area contributed by atoms with Crippen LogP contribution in [0, 0.1) is 5.82 Å². The van der Waals surface area contributed by atoms with Crippen molar-refractivity contribution in [3.8, 4) is 0 Å². The van der Waals surface area contributed by atoms with Crippen molar-refractivity contribution in [2.75, 3.05) is 5.32 Å². The van der Waals surface area contributed by atoms with Gasteiger partial charge in [0.15, 0.2) is 0 Å². The van der Waals surface area contributed by atoms with Crippen molar-refractivity contribution in [3.05, 3.63) is 51.7 Å². The normalized spacial score (nSPS) is 13.4. The predicted octanol–water partition coefficient (Wildman–Crippen LogP) is 3.05. The Morgan fingerprint density at radius 1 is 1.22 bits per heavy atom. The van der Waals surface area contributed by atoms with Gasteiger partial charge in [0.1, 0.15) is 10.8 Å². The molecule has 0 saturated heterocycles. The van der Waals surface area contributed by atoms with Gasteiger partial charge in [0.2, 0.25) is 5.91 Å². The summed E-state index contributed by atoms with van der Waals surface area (Å²) in [7, 11) is 0. The number of carbonyl (C=O) groups excluding carboxylic acids is 2. The summed E-state index contributed by atoms with van der Waals surface area (Å²) in [4.78, 5) is 25.1. The number of benzene rings is 1. The van der Waals surface area contributed by atoms with E-state index in [-0.39, 0.29) is 12.3 Å². The van der Waals surface area contributed by atoms with Crippen LogP contribution in [0.4, 0.5) is 9.39 Å². The van der Waals surface area contributed by atoms with Gasteiger partial charge in [-0.3, -0.25) is 9.59 Å². The molecule has 120 valence electrons. The SMILES string of the molecule is NC(=O)c1c(NC(=O)Cc2ccccc2F)sc2c1CCCC2. The maximum Gasteiger partial charge on any atom is 0.251 e. The molecule has 0 saturated carbocycles. The molecule has 2 amide bonds. The summed E-state index contributed by atoms with van der Waals surface area (Å²) >= 11 is 1.41. The third-order valence-corrected chi connectivity index (χ3v) is 5.19. The first-order chi connectivity index (χ1) is 11.1. The van der Waals surface area contributed by atoms with E-state index >= 15 is 0 Å². The van der Waals surface area contributed by atoms with Gasteiger partial charge >= 0.3 is 0 Å². The second kappa shape index (κ2) is 6.50. The minimum absolute atomic E-state index is 0.0760. The number of nitrogens with two attached hydrogens (primary N) is 1. The summed E-state index contributed by atoms with van der Waals surface area (Å²) in [6.07, 6.45) is 3.74. The molecule has 1 aliphatic carbocycles. The summed E-state index contributed by atoms with van der Waals surface area (Å²) < 4.78 is 13.6. The Kier molecular flexibility index (Phi) is 4.43. The highest BCUT2D eigenvalue weighted by Crippen LogP contribution is 2.37. The average Bonchev–Trinajstić information content (AvgIpc) is 2.87. The summed E-state index contributed by atoms with van der Waals surface area (Å²) in [5, 5.41) is 3.23. The third kappa shape index (κ3) is 3.27. The Hall–Kier alpha value is -2.21. The van der Waals surface area contributed by atoms with E-state index in [1.165, 1.54) is 17.4 Å². The number of aryl methyl sites for hydroxylation is 1. The number of hydrogen-bond donors (Lipinski definition) is 2. The zero-order valence-electron chi connectivity index (χ0n) is 12.5. The molecular weight excluding hydrogens is 315 g/mol. The lowest BCUT2D eigenvalue weighted by molar-refractivity contribution is -0.115. The molecule has 0 aliphatic heterocycles. The maximum atomic E-state index is 13.6. The maximum absolute atomic E-state index is 13.6. The molecule has 1 aromatic carbocycles. The predicted molar refractivity (Wildman–Crippen MR) is 88.2 cm³/mol. The van der Waals surface area contributed by atoms with Gasteiger partial charge in [-0.05, 0) is 42.9 Å². The second-order valence-electron chi connectivity index (χ2n) is 5.60. The van der Waals surface area contributed by atoms with E-state index in [0.29, 0.717) is 16.1 Å². The lowest BCUT2D eigenvalue weighted by Gasteiger charge is -2.11. The van der Waals surface area contributed by atoms with Crippen molar-refractivity contribution in [3.63, 3.8) is 0 Å². The zero-order valence-corrected chi connectivity index (χ0v) is 13.3. The number of rotatable bonds is 4. The molecule has 1 aromatic heterocycles. The number of hydrogen-bond acceptors (Lipinski definition) is 3. The molecule has 0 unspecified atom stereocenters. The number of primary amides is 1. The van der Waals surface area contributed by atoms with Crippen molar-refractivity contribution < 1.29 is 14.0 Å². The van der Waals surface area contributed by atoms with Crippen molar-refractivity contribution in [1.29, 1.82) is 0 Å². The van der Waals surface area contributed by atoms with Crippen LogP contribution in [0.1, 0.15) is 39.2 Å². The van der Waals surface area contributed by atoms with Crippen LogP contribution in [0.5, 0.6) is 0 Å². The number of amides is 2. The fourth-order valence-corrected chi connectivity index (χ4v) is 4.21. The van der Waals surface area contributed by atoms with Crippen LogP contribution in [0.2, 0.25) is 0 Å². The van der Waals surface area contributed by atoms with E-state index in [2.05, 4.69) is 5.32 Å². The third-order valence-electron chi connectivity index (χ3n) is 3.98. The van der Waals surface area contributed by atoms with E-state index in [1.54, 1.807) is 18.2 Å². The Morgan fingerprint density at radius 2 is 1.96 bits per heavy atom. The Morgan fingerprint density at radius 3 is 2.70 bits per heavy atom. The number of thiophene rings is 1. The van der Waals surface area contributed by atoms with Crippen LogP contribution in [0.25, 0.3) is 0 Å². The molecule has 0 fully saturated rings. The first-order valence-electron chi connectivity index (χ1n) is 7.54. The molecule has 6 heteroatoms. The van der Waals surface area contributed by atoms with E-state index in [9.17, 15) is 14.0 Å². The summed E-state index contributed by atoms with van der Waals surface area (Å²) in [5.41, 5.74) is 7.21. The van der Waals surface area contributed by atoms with Crippen molar-refractivity contribution >= 4 is 28.2 Å². The number of halogens is 1. The Labute approximate surface area is 137 Å². The zero-order chi connectivity index (χ0) is 16.4. The smallest absolute Gasteiger partial charge is 0.251 e. The van der Waals surface area contributed by atoms with Crippen molar-refractivity contribution in [2.45, 2.75) is 32.1 Å². The van der Waals surface area contributed by atoms with Gasteiger partial charge in [0.05, 0.1) is 12.0 Å². The van der Waals surface area contributed by atoms with Gasteiger partial charge in [-0.25, -0.2) is 4.39 Å². The van der Waals surface area contributed by atoms with E-state index in [4.69, 9.17) is 5.73 Å². The topological polar surface area (TPSA) is 72.2 Å². The minimum atomic E-state index is -0.523. The number of nitrogens with one attached hydrogen (secondary N) is 1. The highest BCUT2D eigenvalue weighted by atomic mass is 32.1. The van der Waals surface area contributed by atoms with Crippen LogP contribution >= 0.6 is 11.3 Å². The molecule has 0 radical (unpaired) electrons. The molecule has 1 heterocycles. The summed E-state index contributed by atoms with van der Waals surface area (Å²) in [6, 6.07) is 6.16. The van der Waals surface area contributed by atoms with Gasteiger partial charge in [-0.2, -0.15) is 0 Å². The standard InChI is InChI=1S/C17H17FN2O2S/c18-12-7-3-1-5-10(12)9-14(21)20-17-15(16(19)22)11-6-2-4-8-13(11)23-17/h1,3,5,7H,2,4,6,8-9H2,(H2,19,22)(H,20,21). The van der Waals surface area contributed by atoms with Gasteiger partial charge in [-0.15, -0.1) is 11.3 Å². The van der Waals surface area contributed by atoms with Crippen LogP contribution in [-0.4, -0.2) is 11.8 Å². The van der Waals surface area contributed by atoms with Gasteiger partial charge in [0, 0.05) is 4.88 Å². The molecule has 23 heavy (non-hydrogen) atoms. The number of anilines is 1. The summed E-state index contributed by atoms with van der Waals surface area (Å²) in [5.74, 6) is -1.29. The van der Waals surface area contributed by atoms with Gasteiger partial charge < -0.3 is 11.1 Å². The molecular formula is C17H17FN2O2S. The first-order valence-corrected chi connectivity index (χ1v) is 8.35. The lowest BCUT2D eigenvalue weighted by atomic mass is 9.95. The first kappa shape index (κ1) is 15.7. The van der Waals surface area contributed by atoms with E-state index in [0.717, 1.165) is 36.1 Å². The molecule has 3 N–H and O–H groups in total. The molecule has 1 aliphatic rings. The quantitative estimate of drug-likeness (QED) is 0.903. The second-order valence-corrected chi connectivity index (χ2v) is 6.70. The van der Waals surface area contributed by atoms with E-state index in [1.807, 2.05) is 0 Å². The van der Waals surface area contributed by atoms with Crippen molar-refractivity contribution in [1.82, 2.24) is 0 Å². The van der Waals surface area contributed by atoms with Gasteiger partial charge in [0.25, 0.3) is 5.91 Å². The minimum Gasteiger partial charge on any atom is -0.365 e. The molecule has 0 atom stereocenters. The molecule has 2 aromatic rings. The number of carbonyl (C=O) groups is 2. The lowest BCUT2D eigenvalue weighted by Crippen LogP contribution is -2.19. The number of fused-ring (bicyclic) bond motifs is 1. The van der Waals surface area contributed by atoms with Crippen molar-refractivity contribution in [2.24, 2.45) is 5.73 Å².